The molecule has 1 saturated heterocycles. The Labute approximate surface area is 118 Å². The van der Waals surface area contributed by atoms with Gasteiger partial charge in [-0.1, -0.05) is 17.8 Å². The van der Waals surface area contributed by atoms with Crippen LogP contribution in [0.3, 0.4) is 0 Å². The standard InChI is InChI=1S/C13H13F2NO3S/c14-13(15)20-10-4-5-16(7-10)11(17)8-2-1-3-9(6-8)12(18)19/h1-3,6,10,13H,4-5,7H2,(H,18,19). The molecule has 4 nitrogen and oxygen atoms in total. The van der Waals surface area contributed by atoms with Crippen molar-refractivity contribution in [1.29, 1.82) is 0 Å². The summed E-state index contributed by atoms with van der Waals surface area (Å²) in [6.07, 6.45) is 0.527. The Morgan fingerprint density at radius 1 is 1.35 bits per heavy atom. The minimum Gasteiger partial charge on any atom is -0.478 e. The number of likely N-dealkylation sites (tertiary alicyclic amines) is 1. The van der Waals surface area contributed by atoms with E-state index in [0.29, 0.717) is 24.7 Å². The molecule has 0 radical (unpaired) electrons. The van der Waals surface area contributed by atoms with Crippen LogP contribution in [-0.2, 0) is 0 Å². The van der Waals surface area contributed by atoms with Crippen LogP contribution in [0.15, 0.2) is 24.3 Å². The number of halogens is 2. The van der Waals surface area contributed by atoms with Gasteiger partial charge in [0.15, 0.2) is 0 Å². The molecule has 1 aromatic rings. The lowest BCUT2D eigenvalue weighted by atomic mass is 10.1. The van der Waals surface area contributed by atoms with Gasteiger partial charge in [0, 0.05) is 23.9 Å². The number of carboxylic acids is 1. The normalized spacial score (nSPS) is 18.6. The van der Waals surface area contributed by atoms with E-state index in [1.807, 2.05) is 0 Å². The molecule has 1 N–H and O–H groups in total. The average Bonchev–Trinajstić information content (AvgIpc) is 2.85. The second kappa shape index (κ2) is 6.21. The maximum absolute atomic E-state index is 12.3. The molecule has 2 rings (SSSR count). The second-order valence-corrected chi connectivity index (χ2v) is 5.74. The molecule has 1 heterocycles. The number of carbonyl (C=O) groups excluding carboxylic acids is 1. The number of carboxylic acid groups (broad SMARTS) is 1. The Kier molecular flexibility index (Phi) is 4.59. The van der Waals surface area contributed by atoms with E-state index in [1.54, 1.807) is 0 Å². The van der Waals surface area contributed by atoms with Crippen LogP contribution in [0, 0.1) is 0 Å². The quantitative estimate of drug-likeness (QED) is 0.928. The van der Waals surface area contributed by atoms with Crippen molar-refractivity contribution in [2.75, 3.05) is 13.1 Å². The summed E-state index contributed by atoms with van der Waals surface area (Å²) in [4.78, 5) is 24.5. The van der Waals surface area contributed by atoms with Gasteiger partial charge in [-0.25, -0.2) is 4.79 Å². The van der Waals surface area contributed by atoms with Crippen molar-refractivity contribution >= 4 is 23.6 Å². The maximum atomic E-state index is 12.3. The molecular formula is C13H13F2NO3S. The van der Waals surface area contributed by atoms with E-state index in [9.17, 15) is 18.4 Å². The van der Waals surface area contributed by atoms with Crippen LogP contribution < -0.4 is 0 Å². The number of hydrogen-bond donors (Lipinski definition) is 1. The molecule has 1 aliphatic rings. The molecule has 1 unspecified atom stereocenters. The van der Waals surface area contributed by atoms with Gasteiger partial charge in [-0.15, -0.1) is 0 Å². The van der Waals surface area contributed by atoms with Crippen molar-refractivity contribution in [3.8, 4) is 0 Å². The van der Waals surface area contributed by atoms with Crippen molar-refractivity contribution in [1.82, 2.24) is 4.90 Å². The first kappa shape index (κ1) is 14.8. The van der Waals surface area contributed by atoms with E-state index < -0.39 is 11.7 Å². The highest BCUT2D eigenvalue weighted by Gasteiger charge is 2.29. The van der Waals surface area contributed by atoms with Gasteiger partial charge in [-0.05, 0) is 24.6 Å². The smallest absolute Gasteiger partial charge is 0.335 e. The second-order valence-electron chi connectivity index (χ2n) is 4.44. The summed E-state index contributed by atoms with van der Waals surface area (Å²) in [5.74, 6) is -3.86. The summed E-state index contributed by atoms with van der Waals surface area (Å²) < 4.78 is 24.5. The molecule has 0 bridgehead atoms. The number of amides is 1. The van der Waals surface area contributed by atoms with E-state index in [4.69, 9.17) is 5.11 Å². The monoisotopic (exact) mass is 301 g/mol. The Balaban J connectivity index is 2.05. The van der Waals surface area contributed by atoms with E-state index in [2.05, 4.69) is 0 Å². The first-order chi connectivity index (χ1) is 9.47. The number of aromatic carboxylic acids is 1. The van der Waals surface area contributed by atoms with Gasteiger partial charge < -0.3 is 10.0 Å². The molecular weight excluding hydrogens is 288 g/mol. The van der Waals surface area contributed by atoms with Gasteiger partial charge in [0.25, 0.3) is 11.7 Å². The van der Waals surface area contributed by atoms with E-state index >= 15 is 0 Å². The Morgan fingerprint density at radius 2 is 2.05 bits per heavy atom. The minimum atomic E-state index is -2.44. The van der Waals surface area contributed by atoms with Crippen LogP contribution in [0.4, 0.5) is 8.78 Å². The van der Waals surface area contributed by atoms with Gasteiger partial charge in [0.2, 0.25) is 0 Å². The van der Waals surface area contributed by atoms with Crippen LogP contribution in [0.25, 0.3) is 0 Å². The summed E-state index contributed by atoms with van der Waals surface area (Å²) in [5, 5.41) is 8.62. The molecule has 0 spiro atoms. The van der Waals surface area contributed by atoms with Crippen LogP contribution in [0.5, 0.6) is 0 Å². The molecule has 0 saturated carbocycles. The first-order valence-corrected chi connectivity index (χ1v) is 6.98. The van der Waals surface area contributed by atoms with Gasteiger partial charge >= 0.3 is 5.97 Å². The molecule has 20 heavy (non-hydrogen) atoms. The van der Waals surface area contributed by atoms with Gasteiger partial charge in [0.1, 0.15) is 0 Å². The number of alkyl halides is 2. The lowest BCUT2D eigenvalue weighted by Crippen LogP contribution is -2.29. The van der Waals surface area contributed by atoms with E-state index in [1.165, 1.54) is 29.2 Å². The summed E-state index contributed by atoms with van der Waals surface area (Å²) in [7, 11) is 0. The highest BCUT2D eigenvalue weighted by atomic mass is 32.2. The fourth-order valence-electron chi connectivity index (χ4n) is 2.14. The lowest BCUT2D eigenvalue weighted by Gasteiger charge is -2.16. The number of hydrogen-bond acceptors (Lipinski definition) is 3. The highest BCUT2D eigenvalue weighted by Crippen LogP contribution is 2.28. The molecule has 1 fully saturated rings. The van der Waals surface area contributed by atoms with E-state index in [-0.39, 0.29) is 28.8 Å². The number of thioether (sulfide) groups is 1. The fourth-order valence-corrected chi connectivity index (χ4v) is 2.94. The zero-order valence-electron chi connectivity index (χ0n) is 10.5. The summed E-state index contributed by atoms with van der Waals surface area (Å²) in [6, 6.07) is 5.73. The Morgan fingerprint density at radius 3 is 2.70 bits per heavy atom. The summed E-state index contributed by atoms with van der Waals surface area (Å²) in [5.41, 5.74) is 0.307. The van der Waals surface area contributed by atoms with Crippen molar-refractivity contribution in [2.24, 2.45) is 0 Å². The number of carbonyl (C=O) groups is 2. The molecule has 1 amide bonds. The Hall–Kier alpha value is -1.63. The molecule has 7 heteroatoms. The van der Waals surface area contributed by atoms with Crippen LogP contribution in [0.2, 0.25) is 0 Å². The first-order valence-electron chi connectivity index (χ1n) is 6.03. The Bertz CT molecular complexity index is 524. The zero-order chi connectivity index (χ0) is 14.7. The van der Waals surface area contributed by atoms with Crippen molar-refractivity contribution < 1.29 is 23.5 Å². The fraction of sp³-hybridized carbons (Fsp3) is 0.385. The van der Waals surface area contributed by atoms with Crippen molar-refractivity contribution in [3.63, 3.8) is 0 Å². The molecule has 0 aliphatic carbocycles. The predicted octanol–water partition coefficient (Wildman–Crippen LogP) is 2.56. The van der Waals surface area contributed by atoms with Crippen molar-refractivity contribution in [2.45, 2.75) is 17.4 Å². The minimum absolute atomic E-state index is 0.0357. The zero-order valence-corrected chi connectivity index (χ0v) is 11.3. The highest BCUT2D eigenvalue weighted by molar-refractivity contribution is 8.00. The van der Waals surface area contributed by atoms with Crippen molar-refractivity contribution in [3.05, 3.63) is 35.4 Å². The molecule has 1 aliphatic heterocycles. The number of benzene rings is 1. The molecule has 108 valence electrons. The van der Waals surface area contributed by atoms with Gasteiger partial charge in [0.05, 0.1) is 5.56 Å². The van der Waals surface area contributed by atoms with Crippen LogP contribution >= 0.6 is 11.8 Å². The third kappa shape index (κ3) is 3.47. The topological polar surface area (TPSA) is 57.6 Å². The third-order valence-electron chi connectivity index (χ3n) is 3.08. The average molecular weight is 301 g/mol. The number of nitrogens with zero attached hydrogens (tertiary/aromatic N) is 1. The number of rotatable bonds is 4. The largest absolute Gasteiger partial charge is 0.478 e. The lowest BCUT2D eigenvalue weighted by molar-refractivity contribution is 0.0697. The maximum Gasteiger partial charge on any atom is 0.335 e. The van der Waals surface area contributed by atoms with Gasteiger partial charge in [-0.3, -0.25) is 4.79 Å². The predicted molar refractivity (Wildman–Crippen MR) is 71.3 cm³/mol. The van der Waals surface area contributed by atoms with Crippen LogP contribution in [-0.4, -0.2) is 46.0 Å². The molecule has 1 atom stereocenters. The van der Waals surface area contributed by atoms with Gasteiger partial charge in [-0.2, -0.15) is 8.78 Å². The van der Waals surface area contributed by atoms with Crippen LogP contribution in [0.1, 0.15) is 27.1 Å². The summed E-state index contributed by atoms with van der Waals surface area (Å²) in [6.45, 7) is 0.686. The molecule has 0 aromatic heterocycles. The third-order valence-corrected chi connectivity index (χ3v) is 4.06. The molecule has 1 aromatic carbocycles. The summed E-state index contributed by atoms with van der Waals surface area (Å²) >= 11 is 0.565. The SMILES string of the molecule is O=C(O)c1cccc(C(=O)N2CCC(SC(F)F)C2)c1. The van der Waals surface area contributed by atoms with E-state index in [0.717, 1.165) is 0 Å².